The van der Waals surface area contributed by atoms with Gasteiger partial charge in [0.15, 0.2) is 0 Å². The number of aliphatic hydroxyl groups excluding tert-OH is 1. The van der Waals surface area contributed by atoms with Crippen LogP contribution in [0.25, 0.3) is 0 Å². The molecule has 0 spiro atoms. The monoisotopic (exact) mass is 372 g/mol. The fraction of sp³-hybridized carbons (Fsp3) is 0.765. The molecule has 1 aromatic rings. The molecular formula is C17H28N2O5S. The van der Waals surface area contributed by atoms with Gasteiger partial charge in [0.2, 0.25) is 11.8 Å². The number of rotatable bonds is 7. The average molecular weight is 372 g/mol. The highest BCUT2D eigenvalue weighted by Gasteiger charge is 2.37. The summed E-state index contributed by atoms with van der Waals surface area (Å²) in [6.07, 6.45) is 2.93. The number of nitrogens with one attached hydrogen (secondary N) is 1. The van der Waals surface area contributed by atoms with E-state index in [0.29, 0.717) is 18.1 Å². The zero-order valence-corrected chi connectivity index (χ0v) is 16.1. The lowest BCUT2D eigenvalue weighted by atomic mass is 9.91. The van der Waals surface area contributed by atoms with Gasteiger partial charge < -0.3 is 14.4 Å². The molecule has 0 bridgehead atoms. The Kier molecular flexibility index (Phi) is 6.40. The van der Waals surface area contributed by atoms with Gasteiger partial charge in [-0.1, -0.05) is 19.0 Å². The Bertz CT molecular complexity index is 620. The van der Waals surface area contributed by atoms with Crippen LogP contribution in [0.4, 0.5) is 5.88 Å². The Labute approximate surface area is 150 Å². The van der Waals surface area contributed by atoms with Crippen LogP contribution in [-0.2, 0) is 25.7 Å². The molecule has 2 rings (SSSR count). The maximum Gasteiger partial charge on any atom is 0.245 e. The second-order valence-electron chi connectivity index (χ2n) is 7.58. The minimum Gasteiger partial charge on any atom is -0.395 e. The quantitative estimate of drug-likeness (QED) is 0.759. The Morgan fingerprint density at radius 1 is 1.40 bits per heavy atom. The van der Waals surface area contributed by atoms with E-state index in [0.717, 1.165) is 19.3 Å². The van der Waals surface area contributed by atoms with Crippen LogP contribution in [0.3, 0.4) is 0 Å². The first-order valence-corrected chi connectivity index (χ1v) is 9.88. The summed E-state index contributed by atoms with van der Waals surface area (Å²) in [5, 5.41) is 15.9. The first-order valence-electron chi connectivity index (χ1n) is 8.56. The average Bonchev–Trinajstić information content (AvgIpc) is 3.05. The van der Waals surface area contributed by atoms with E-state index in [2.05, 4.69) is 10.5 Å². The van der Waals surface area contributed by atoms with Crippen LogP contribution in [0.15, 0.2) is 10.6 Å². The maximum absolute atomic E-state index is 12.7. The normalized spacial score (nSPS) is 20.3. The summed E-state index contributed by atoms with van der Waals surface area (Å²) < 4.78 is 22.3. The molecule has 1 saturated heterocycles. The SMILES string of the molecule is CC(C)(CO)c1cc(NC(=O)C(C)(C)S(=O)C[C@@H]2CCCCO2)on1. The van der Waals surface area contributed by atoms with E-state index >= 15 is 0 Å². The predicted octanol–water partition coefficient (Wildman–Crippen LogP) is 1.98. The van der Waals surface area contributed by atoms with Crippen LogP contribution >= 0.6 is 0 Å². The van der Waals surface area contributed by atoms with Crippen molar-refractivity contribution in [3.05, 3.63) is 11.8 Å². The number of hydrogen-bond acceptors (Lipinski definition) is 6. The molecule has 0 aliphatic carbocycles. The van der Waals surface area contributed by atoms with Gasteiger partial charge in [-0.2, -0.15) is 0 Å². The summed E-state index contributed by atoms with van der Waals surface area (Å²) in [5.74, 6) is 0.131. The highest BCUT2D eigenvalue weighted by Crippen LogP contribution is 2.26. The Morgan fingerprint density at radius 3 is 2.72 bits per heavy atom. The Morgan fingerprint density at radius 2 is 2.12 bits per heavy atom. The lowest BCUT2D eigenvalue weighted by Gasteiger charge is -2.27. The van der Waals surface area contributed by atoms with Crippen molar-refractivity contribution in [1.82, 2.24) is 5.16 Å². The van der Waals surface area contributed by atoms with Gasteiger partial charge in [-0.05, 0) is 33.1 Å². The molecule has 2 atom stereocenters. The molecule has 8 heteroatoms. The molecule has 7 nitrogen and oxygen atoms in total. The molecule has 1 unspecified atom stereocenters. The number of aromatic nitrogens is 1. The van der Waals surface area contributed by atoms with Crippen molar-refractivity contribution in [1.29, 1.82) is 0 Å². The molecule has 0 radical (unpaired) electrons. The largest absolute Gasteiger partial charge is 0.395 e. The highest BCUT2D eigenvalue weighted by atomic mass is 32.2. The molecule has 0 aromatic carbocycles. The molecule has 1 aromatic heterocycles. The summed E-state index contributed by atoms with van der Waals surface area (Å²) in [5.41, 5.74) is -0.0248. The van der Waals surface area contributed by atoms with Crippen LogP contribution in [0, 0.1) is 0 Å². The van der Waals surface area contributed by atoms with Crippen LogP contribution in [0.2, 0.25) is 0 Å². The molecular weight excluding hydrogens is 344 g/mol. The van der Waals surface area contributed by atoms with Crippen LogP contribution in [0.1, 0.15) is 52.7 Å². The number of carbonyl (C=O) groups is 1. The molecule has 2 heterocycles. The van der Waals surface area contributed by atoms with Gasteiger partial charge in [-0.3, -0.25) is 14.3 Å². The molecule has 0 saturated carbocycles. The maximum atomic E-state index is 12.7. The summed E-state index contributed by atoms with van der Waals surface area (Å²) in [4.78, 5) is 12.6. The van der Waals surface area contributed by atoms with Gasteiger partial charge in [-0.25, -0.2) is 0 Å². The number of aliphatic hydroxyl groups is 1. The zero-order chi connectivity index (χ0) is 18.7. The molecule has 2 N–H and O–H groups in total. The summed E-state index contributed by atoms with van der Waals surface area (Å²) >= 11 is 0. The predicted molar refractivity (Wildman–Crippen MR) is 95.9 cm³/mol. The van der Waals surface area contributed by atoms with Gasteiger partial charge in [-0.15, -0.1) is 0 Å². The number of amides is 1. The molecule has 1 amide bonds. The smallest absolute Gasteiger partial charge is 0.245 e. The molecule has 1 fully saturated rings. The van der Waals surface area contributed by atoms with Crippen molar-refractivity contribution in [3.63, 3.8) is 0 Å². The van der Waals surface area contributed by atoms with Crippen molar-refractivity contribution in [3.8, 4) is 0 Å². The minimum absolute atomic E-state index is 0.0520. The summed E-state index contributed by atoms with van der Waals surface area (Å²) in [7, 11) is -1.38. The summed E-state index contributed by atoms with van der Waals surface area (Å²) in [6, 6.07) is 1.58. The fourth-order valence-electron chi connectivity index (χ4n) is 2.42. The van der Waals surface area contributed by atoms with Gasteiger partial charge in [0.25, 0.3) is 0 Å². The van der Waals surface area contributed by atoms with Crippen molar-refractivity contribution in [2.75, 3.05) is 24.3 Å². The van der Waals surface area contributed by atoms with Gasteiger partial charge in [0, 0.05) is 28.9 Å². The van der Waals surface area contributed by atoms with Gasteiger partial charge in [0.05, 0.1) is 24.2 Å². The van der Waals surface area contributed by atoms with Crippen LogP contribution in [-0.4, -0.2) is 50.2 Å². The third kappa shape index (κ3) is 4.89. The second kappa shape index (κ2) is 7.97. The van der Waals surface area contributed by atoms with Gasteiger partial charge >= 0.3 is 0 Å². The van der Waals surface area contributed by atoms with Crippen LogP contribution < -0.4 is 5.32 Å². The van der Waals surface area contributed by atoms with Gasteiger partial charge in [0.1, 0.15) is 4.75 Å². The van der Waals surface area contributed by atoms with Crippen molar-refractivity contribution in [2.45, 2.75) is 63.2 Å². The molecule has 1 aliphatic heterocycles. The van der Waals surface area contributed by atoms with E-state index in [-0.39, 0.29) is 18.6 Å². The molecule has 25 heavy (non-hydrogen) atoms. The lowest BCUT2D eigenvalue weighted by molar-refractivity contribution is -0.117. The van der Waals surface area contributed by atoms with E-state index in [1.165, 1.54) is 0 Å². The second-order valence-corrected chi connectivity index (χ2v) is 9.63. The van der Waals surface area contributed by atoms with E-state index in [1.807, 2.05) is 13.8 Å². The van der Waals surface area contributed by atoms with E-state index in [1.54, 1.807) is 19.9 Å². The Hall–Kier alpha value is -1.25. The van der Waals surface area contributed by atoms with E-state index < -0.39 is 26.9 Å². The third-order valence-corrected chi connectivity index (χ3v) is 6.56. The first-order chi connectivity index (χ1) is 11.7. The first kappa shape index (κ1) is 20.1. The number of carbonyl (C=O) groups excluding carboxylic acids is 1. The van der Waals surface area contributed by atoms with Crippen molar-refractivity contribution >= 4 is 22.6 Å². The molecule has 1 aliphatic rings. The number of hydrogen-bond donors (Lipinski definition) is 2. The number of ether oxygens (including phenoxy) is 1. The summed E-state index contributed by atoms with van der Waals surface area (Å²) in [6.45, 7) is 7.53. The lowest BCUT2D eigenvalue weighted by Crippen LogP contribution is -2.44. The Balaban J connectivity index is 1.99. The molecule has 142 valence electrons. The minimum atomic E-state index is -1.38. The fourth-order valence-corrected chi connectivity index (χ4v) is 3.69. The number of anilines is 1. The topological polar surface area (TPSA) is 102 Å². The van der Waals surface area contributed by atoms with Crippen molar-refractivity contribution < 1.29 is 23.4 Å². The highest BCUT2D eigenvalue weighted by molar-refractivity contribution is 7.87. The van der Waals surface area contributed by atoms with E-state index in [9.17, 15) is 14.1 Å². The van der Waals surface area contributed by atoms with Crippen LogP contribution in [0.5, 0.6) is 0 Å². The van der Waals surface area contributed by atoms with Crippen molar-refractivity contribution in [2.24, 2.45) is 0 Å². The third-order valence-electron chi connectivity index (χ3n) is 4.56. The number of nitrogens with zero attached hydrogens (tertiary/aromatic N) is 1. The standard InChI is InChI=1S/C17H28N2O5S/c1-16(2,11-20)13-9-14(24-19-13)18-15(21)17(3,4)25(22)10-12-7-5-6-8-23-12/h9,12,20H,5-8,10-11H2,1-4H3,(H,18,21)/t12-,25?/m0/s1. The zero-order valence-electron chi connectivity index (χ0n) is 15.3. The van der Waals surface area contributed by atoms with E-state index in [4.69, 9.17) is 9.26 Å².